The number of hydrogen-bond acceptors (Lipinski definition) is 3. The van der Waals surface area contributed by atoms with Crippen LogP contribution in [0.2, 0.25) is 0 Å². The number of alkyl halides is 9. The van der Waals surface area contributed by atoms with E-state index in [0.29, 0.717) is 0 Å². The zero-order valence-electron chi connectivity index (χ0n) is 15.9. The van der Waals surface area contributed by atoms with Crippen molar-refractivity contribution >= 4 is 0 Å². The first-order valence-electron chi connectivity index (χ1n) is 6.88. The molecule has 0 atom stereocenters. The first-order chi connectivity index (χ1) is 10.9. The maximum absolute atomic E-state index is 11.4. The minimum absolute atomic E-state index is 0. The first-order valence-corrected chi connectivity index (χ1v) is 7.87. The van der Waals surface area contributed by atoms with Crippen molar-refractivity contribution in [1.29, 1.82) is 0 Å². The van der Waals surface area contributed by atoms with Gasteiger partial charge in [0.1, 0.15) is 0 Å². The van der Waals surface area contributed by atoms with E-state index in [-0.39, 0.29) is 13.0 Å². The predicted molar refractivity (Wildman–Crippen MR) is 78.3 cm³/mol. The van der Waals surface area contributed by atoms with Gasteiger partial charge in [0.25, 0.3) is 0 Å². The molecule has 13 heteroatoms. The molecule has 0 spiro atoms. The molecule has 167 valence electrons. The average Bonchev–Trinajstić information content (AvgIpc) is 2.33. The zero-order chi connectivity index (χ0) is 22.4. The fourth-order valence-corrected chi connectivity index (χ4v) is 0.482. The molecule has 0 saturated heterocycles. The summed E-state index contributed by atoms with van der Waals surface area (Å²) in [5.74, 6) is 0. The third-order valence-corrected chi connectivity index (χ3v) is 3.87. The van der Waals surface area contributed by atoms with E-state index < -0.39 is 29.7 Å². The van der Waals surface area contributed by atoms with E-state index >= 15 is 0 Å². The molecule has 0 aliphatic rings. The smallest absolute Gasteiger partial charge is 0.390 e. The van der Waals surface area contributed by atoms with Crippen LogP contribution in [0.15, 0.2) is 3.34 Å². The summed E-state index contributed by atoms with van der Waals surface area (Å²) in [7, 11) is 0. The van der Waals surface area contributed by atoms with Gasteiger partial charge in [-0.25, -0.2) is 0 Å². The molecule has 0 unspecified atom stereocenters. The van der Waals surface area contributed by atoms with Crippen molar-refractivity contribution in [2.24, 2.45) is 3.34 Å². The summed E-state index contributed by atoms with van der Waals surface area (Å²) < 4.78 is 107. The summed E-state index contributed by atoms with van der Waals surface area (Å²) in [5, 5.41) is 16.5. The second-order valence-electron chi connectivity index (χ2n) is 6.64. The number of halogens is 9. The van der Waals surface area contributed by atoms with Crippen LogP contribution < -0.4 is 0 Å². The minimum Gasteiger partial charge on any atom is -0.390 e. The molecule has 0 saturated carbocycles. The molecule has 27 heavy (non-hydrogen) atoms. The summed E-state index contributed by atoms with van der Waals surface area (Å²) >= 11 is 1.52. The van der Waals surface area contributed by atoms with Crippen molar-refractivity contribution in [2.45, 2.75) is 83.2 Å². The maximum atomic E-state index is 11.4. The van der Waals surface area contributed by atoms with E-state index in [2.05, 4.69) is 24.1 Å². The van der Waals surface area contributed by atoms with Crippen molar-refractivity contribution in [3.8, 4) is 0 Å². The van der Waals surface area contributed by atoms with Gasteiger partial charge in [0, 0.05) is 0 Å². The van der Waals surface area contributed by atoms with Crippen LogP contribution in [0.3, 0.4) is 0 Å². The molecule has 3 nitrogen and oxygen atoms in total. The topological polar surface area (TPSA) is 52.8 Å². The molecule has 0 radical (unpaired) electrons. The zero-order valence-corrected chi connectivity index (χ0v) is 18.1. The summed E-state index contributed by atoms with van der Waals surface area (Å²) in [5.41, 5.74) is -6.96. The largest absolute Gasteiger partial charge is 0.435 e. The molecule has 0 aliphatic heterocycles. The Morgan fingerprint density at radius 1 is 0.704 bits per heavy atom. The number of hydrogen-bond donors (Lipinski definition) is 2. The van der Waals surface area contributed by atoms with Gasteiger partial charge in [-0.15, -0.1) is 0 Å². The third-order valence-electron chi connectivity index (χ3n) is 2.40. The molecule has 0 aromatic carbocycles. The second kappa shape index (κ2) is 11.1. The molecule has 0 bridgehead atoms. The van der Waals surface area contributed by atoms with Crippen LogP contribution in [0.5, 0.6) is 0 Å². The van der Waals surface area contributed by atoms with Gasteiger partial charge in [-0.05, 0) is 20.3 Å². The fourth-order valence-electron chi connectivity index (χ4n) is 0.482. The van der Waals surface area contributed by atoms with Crippen LogP contribution in [0.1, 0.15) is 48.0 Å². The van der Waals surface area contributed by atoms with Gasteiger partial charge in [0.15, 0.2) is 0 Å². The van der Waals surface area contributed by atoms with E-state index in [0.717, 1.165) is 6.42 Å². The Balaban J connectivity index is -0.000000170. The van der Waals surface area contributed by atoms with Crippen molar-refractivity contribution < 1.29 is 70.6 Å². The summed E-state index contributed by atoms with van der Waals surface area (Å²) in [6.45, 7) is 11.8. The van der Waals surface area contributed by atoms with Gasteiger partial charge in [-0.3, -0.25) is 0 Å². The van der Waals surface area contributed by atoms with Gasteiger partial charge >= 0.3 is 74.7 Å². The number of aliphatic hydroxyl groups is 2. The average molecular weight is 503 g/mol. The van der Waals surface area contributed by atoms with Crippen molar-refractivity contribution in [1.82, 2.24) is 0 Å². The maximum Gasteiger partial charge on any atom is 0.435 e. The fraction of sp³-hybridized carbons (Fsp3) is 0.929. The summed E-state index contributed by atoms with van der Waals surface area (Å²) in [6, 6.07) is 0. The van der Waals surface area contributed by atoms with Gasteiger partial charge in [0.2, 0.25) is 0 Å². The molecule has 0 fully saturated rings. The number of rotatable bonds is 1. The molecular weight excluding hydrogens is 478 g/mol. The monoisotopic (exact) mass is 503 g/mol. The molecule has 0 heterocycles. The normalized spacial score (nSPS) is 13.3. The SMILES string of the molecule is CC(C)(C)[N]=[Nb].CCC(C)(C)O.OC(C(F)(F)F)(C(F)(F)F)C(F)(F)F.[CH3-]. The Morgan fingerprint density at radius 2 is 0.852 bits per heavy atom. The summed E-state index contributed by atoms with van der Waals surface area (Å²) in [6.07, 6.45) is -19.8. The van der Waals surface area contributed by atoms with E-state index in [1.807, 2.05) is 6.92 Å². The van der Waals surface area contributed by atoms with Crippen molar-refractivity contribution in [3.63, 3.8) is 0 Å². The molecule has 0 amide bonds. The van der Waals surface area contributed by atoms with Crippen LogP contribution in [0.4, 0.5) is 39.5 Å². The van der Waals surface area contributed by atoms with Crippen molar-refractivity contribution in [2.75, 3.05) is 0 Å². The van der Waals surface area contributed by atoms with Gasteiger partial charge < -0.3 is 17.6 Å². The molecule has 0 aliphatic carbocycles. The van der Waals surface area contributed by atoms with Crippen LogP contribution in [-0.4, -0.2) is 45.5 Å². The molecular formula is C14H25F9NNbO2-. The van der Waals surface area contributed by atoms with Gasteiger partial charge in [-0.1, -0.05) is 6.92 Å². The predicted octanol–water partition coefficient (Wildman–Crippen LogP) is 5.54. The second-order valence-corrected chi connectivity index (χ2v) is 7.13. The van der Waals surface area contributed by atoms with E-state index in [1.54, 1.807) is 13.8 Å². The molecule has 2 N–H and O–H groups in total. The molecule has 0 aromatic heterocycles. The Hall–Kier alpha value is -0.170. The van der Waals surface area contributed by atoms with Crippen LogP contribution >= 0.6 is 0 Å². The van der Waals surface area contributed by atoms with E-state index in [1.165, 1.54) is 20.9 Å². The van der Waals surface area contributed by atoms with Crippen molar-refractivity contribution in [3.05, 3.63) is 7.43 Å². The standard InChI is InChI=1S/C5H12O.C4HF9O.C4H9N.CH3.Nb/c1-4-5(2,3)6;5-2(6,7)1(14,3(8,9)10)4(11,12)13;1-4(2,3)5;;/h6H,4H2,1-3H3;14H;1-3H3;1H3;/q;;;-1;. The Labute approximate surface area is 165 Å². The summed E-state index contributed by atoms with van der Waals surface area (Å²) in [4.78, 5) is 0. The molecule has 0 aromatic rings. The molecule has 0 rings (SSSR count). The van der Waals surface area contributed by atoms with Gasteiger partial charge in [-0.2, -0.15) is 39.5 Å². The van der Waals surface area contributed by atoms with Crippen LogP contribution in [0.25, 0.3) is 0 Å². The van der Waals surface area contributed by atoms with Crippen LogP contribution in [-0.2, 0) is 20.9 Å². The van der Waals surface area contributed by atoms with E-state index in [4.69, 9.17) is 10.2 Å². The Bertz CT molecular complexity index is 383. The quantitative estimate of drug-likeness (QED) is 0.281. The first kappa shape index (κ1) is 34.3. The Kier molecular flexibility index (Phi) is 14.2. The third kappa shape index (κ3) is 13.6. The number of nitrogens with zero attached hydrogens (tertiary/aromatic N) is 1. The van der Waals surface area contributed by atoms with Crippen LogP contribution in [0, 0.1) is 7.43 Å². The minimum atomic E-state index is -6.87. The van der Waals surface area contributed by atoms with Gasteiger partial charge in [0.05, 0.1) is 5.60 Å². The van der Waals surface area contributed by atoms with E-state index in [9.17, 15) is 39.5 Å². The Morgan fingerprint density at radius 3 is 0.852 bits per heavy atom.